The smallest absolute Gasteiger partial charge is 0.408 e. The van der Waals surface area contributed by atoms with Crippen LogP contribution in [0.2, 0.25) is 18.1 Å². The Morgan fingerprint density at radius 1 is 1.42 bits per heavy atom. The summed E-state index contributed by atoms with van der Waals surface area (Å²) in [6.45, 7) is 12.4. The van der Waals surface area contributed by atoms with Gasteiger partial charge in [0.1, 0.15) is 0 Å². The van der Waals surface area contributed by atoms with Gasteiger partial charge in [0.15, 0.2) is 14.1 Å². The predicted molar refractivity (Wildman–Crippen MR) is 75.9 cm³/mol. The van der Waals surface area contributed by atoms with Crippen LogP contribution in [0.5, 0.6) is 0 Å². The minimum atomic E-state index is -2.00. The van der Waals surface area contributed by atoms with Crippen LogP contribution in [0.15, 0.2) is 0 Å². The van der Waals surface area contributed by atoms with Crippen molar-refractivity contribution >= 4 is 20.2 Å². The molecular formula is C13H25NO4Si. The van der Waals surface area contributed by atoms with Crippen molar-refractivity contribution in [2.45, 2.75) is 64.4 Å². The van der Waals surface area contributed by atoms with Crippen molar-refractivity contribution in [3.8, 4) is 0 Å². The van der Waals surface area contributed by atoms with E-state index in [1.54, 1.807) is 0 Å². The van der Waals surface area contributed by atoms with Gasteiger partial charge in [-0.05, 0) is 25.1 Å². The first-order valence-electron chi connectivity index (χ1n) is 6.65. The van der Waals surface area contributed by atoms with Crippen LogP contribution in [0.1, 0.15) is 34.1 Å². The molecule has 1 fully saturated rings. The summed E-state index contributed by atoms with van der Waals surface area (Å²) in [4.78, 5) is 24.0. The second-order valence-electron chi connectivity index (χ2n) is 6.81. The fourth-order valence-corrected chi connectivity index (χ4v) is 3.32. The molecule has 0 bridgehead atoms. The summed E-state index contributed by atoms with van der Waals surface area (Å²) < 4.78 is 6.22. The van der Waals surface area contributed by atoms with E-state index in [1.165, 1.54) is 4.90 Å². The Kier molecular flexibility index (Phi) is 4.46. The maximum atomic E-state index is 11.7. The second-order valence-corrected chi connectivity index (χ2v) is 11.6. The average molecular weight is 287 g/mol. The second kappa shape index (κ2) is 5.24. The van der Waals surface area contributed by atoms with Crippen molar-refractivity contribution in [1.82, 2.24) is 4.90 Å². The molecule has 1 heterocycles. The first-order chi connectivity index (χ1) is 8.45. The molecule has 5 nitrogen and oxygen atoms in total. The zero-order valence-electron chi connectivity index (χ0n) is 12.7. The number of piperidine rings is 1. The molecule has 110 valence electrons. The maximum absolute atomic E-state index is 11.7. The van der Waals surface area contributed by atoms with Crippen molar-refractivity contribution in [3.63, 3.8) is 0 Å². The Labute approximate surface area is 116 Å². The van der Waals surface area contributed by atoms with Crippen LogP contribution >= 0.6 is 0 Å². The van der Waals surface area contributed by atoms with E-state index in [9.17, 15) is 9.59 Å². The molecule has 1 aliphatic heterocycles. The minimum absolute atomic E-state index is 0.0200. The van der Waals surface area contributed by atoms with Crippen molar-refractivity contribution < 1.29 is 19.1 Å². The van der Waals surface area contributed by atoms with Crippen molar-refractivity contribution in [1.29, 1.82) is 0 Å². The zero-order chi connectivity index (χ0) is 15.0. The number of nitrogens with zero attached hydrogens (tertiary/aromatic N) is 1. The number of amides is 1. The van der Waals surface area contributed by atoms with Crippen LogP contribution in [0.3, 0.4) is 0 Å². The van der Waals surface area contributed by atoms with E-state index in [0.29, 0.717) is 6.42 Å². The van der Waals surface area contributed by atoms with E-state index in [-0.39, 0.29) is 29.5 Å². The molecule has 1 saturated heterocycles. The molecule has 0 aromatic heterocycles. The molecule has 1 rings (SSSR count). The first-order valence-corrected chi connectivity index (χ1v) is 9.55. The number of carboxylic acid groups (broad SMARTS) is 1. The molecule has 0 aliphatic carbocycles. The predicted octanol–water partition coefficient (Wildman–Crippen LogP) is 2.72. The van der Waals surface area contributed by atoms with Gasteiger partial charge >= 0.3 is 6.09 Å². The van der Waals surface area contributed by atoms with E-state index < -0.39 is 14.4 Å². The van der Waals surface area contributed by atoms with Crippen molar-refractivity contribution in [2.24, 2.45) is 0 Å². The van der Waals surface area contributed by atoms with Crippen LogP contribution in [0.4, 0.5) is 4.79 Å². The third-order valence-corrected chi connectivity index (χ3v) is 8.81. The number of likely N-dealkylation sites (tertiary alicyclic amines) is 1. The Morgan fingerprint density at radius 2 is 1.95 bits per heavy atom. The summed E-state index contributed by atoms with van der Waals surface area (Å²) in [5.74, 6) is -0.0655. The van der Waals surface area contributed by atoms with Gasteiger partial charge in [0.25, 0.3) is 0 Å². The van der Waals surface area contributed by atoms with Gasteiger partial charge in [-0.25, -0.2) is 4.79 Å². The van der Waals surface area contributed by atoms with Gasteiger partial charge in [-0.1, -0.05) is 20.8 Å². The SMILES string of the molecule is C[C@H]1[C@@H](O[Si](C)(C)C(C)(C)C)CC(=O)CN1C(=O)O. The highest BCUT2D eigenvalue weighted by Gasteiger charge is 2.43. The zero-order valence-corrected chi connectivity index (χ0v) is 13.7. The molecule has 1 amide bonds. The molecule has 0 spiro atoms. The van der Waals surface area contributed by atoms with Crippen LogP contribution in [0.25, 0.3) is 0 Å². The van der Waals surface area contributed by atoms with Crippen molar-refractivity contribution in [2.75, 3.05) is 6.54 Å². The molecule has 1 N–H and O–H groups in total. The topological polar surface area (TPSA) is 66.8 Å². The van der Waals surface area contributed by atoms with E-state index in [1.807, 2.05) is 6.92 Å². The standard InChI is InChI=1S/C13H25NO4Si/c1-9-11(18-19(5,6)13(2,3)4)7-10(15)8-14(9)12(16)17/h9,11H,7-8H2,1-6H3,(H,16,17)/t9-,11-/m0/s1. The largest absolute Gasteiger partial charge is 0.465 e. The van der Waals surface area contributed by atoms with Crippen LogP contribution < -0.4 is 0 Å². The molecule has 6 heteroatoms. The van der Waals surface area contributed by atoms with Gasteiger partial charge in [0.05, 0.1) is 18.7 Å². The molecule has 0 unspecified atom stereocenters. The Morgan fingerprint density at radius 3 is 2.37 bits per heavy atom. The number of carbonyl (C=O) groups is 2. The lowest BCUT2D eigenvalue weighted by Crippen LogP contribution is -2.57. The molecule has 0 saturated carbocycles. The van der Waals surface area contributed by atoms with E-state index >= 15 is 0 Å². The van der Waals surface area contributed by atoms with Gasteiger partial charge in [-0.3, -0.25) is 9.69 Å². The Hall–Kier alpha value is -0.883. The molecule has 0 radical (unpaired) electrons. The van der Waals surface area contributed by atoms with E-state index in [2.05, 4.69) is 33.9 Å². The lowest BCUT2D eigenvalue weighted by molar-refractivity contribution is -0.126. The van der Waals surface area contributed by atoms with Gasteiger partial charge in [-0.2, -0.15) is 0 Å². The number of rotatable bonds is 2. The molecule has 0 aromatic carbocycles. The summed E-state index contributed by atoms with van der Waals surface area (Å²) in [6, 6.07) is -0.274. The van der Waals surface area contributed by atoms with E-state index in [0.717, 1.165) is 0 Å². The minimum Gasteiger partial charge on any atom is -0.465 e. The summed E-state index contributed by atoms with van der Waals surface area (Å²) >= 11 is 0. The average Bonchev–Trinajstić information content (AvgIpc) is 2.20. The summed E-state index contributed by atoms with van der Waals surface area (Å²) in [5.41, 5.74) is 0. The number of ketones is 1. The van der Waals surface area contributed by atoms with Crippen molar-refractivity contribution in [3.05, 3.63) is 0 Å². The fraction of sp³-hybridized carbons (Fsp3) is 0.846. The van der Waals surface area contributed by atoms with Crippen LogP contribution in [0, 0.1) is 0 Å². The Bertz CT molecular complexity index is 375. The first kappa shape index (κ1) is 16.2. The van der Waals surface area contributed by atoms with Gasteiger partial charge in [-0.15, -0.1) is 0 Å². The summed E-state index contributed by atoms with van der Waals surface area (Å²) in [7, 11) is -2.00. The number of hydrogen-bond donors (Lipinski definition) is 1. The molecule has 0 aromatic rings. The quantitative estimate of drug-likeness (QED) is 0.793. The molecule has 1 aliphatic rings. The summed E-state index contributed by atoms with van der Waals surface area (Å²) in [6.07, 6.45) is -1.06. The highest BCUT2D eigenvalue weighted by atomic mass is 28.4. The Balaban J connectivity index is 2.88. The normalized spacial score (nSPS) is 25.6. The number of hydrogen-bond acceptors (Lipinski definition) is 3. The lowest BCUT2D eigenvalue weighted by Gasteiger charge is -2.44. The van der Waals surface area contributed by atoms with Crippen LogP contribution in [-0.4, -0.2) is 48.9 Å². The van der Waals surface area contributed by atoms with Gasteiger partial charge in [0, 0.05) is 6.42 Å². The number of Topliss-reactive ketones (excluding diaryl/α,β-unsaturated/α-hetero) is 1. The lowest BCUT2D eigenvalue weighted by atomic mass is 10.00. The highest BCUT2D eigenvalue weighted by molar-refractivity contribution is 6.74. The van der Waals surface area contributed by atoms with Gasteiger partial charge < -0.3 is 9.53 Å². The maximum Gasteiger partial charge on any atom is 0.408 e. The summed E-state index contributed by atoms with van der Waals surface area (Å²) in [5, 5.41) is 9.17. The van der Waals surface area contributed by atoms with Gasteiger partial charge in [0.2, 0.25) is 0 Å². The number of carbonyl (C=O) groups excluding carboxylic acids is 1. The monoisotopic (exact) mass is 287 g/mol. The molecular weight excluding hydrogens is 262 g/mol. The molecule has 2 atom stereocenters. The molecule has 19 heavy (non-hydrogen) atoms. The third-order valence-electron chi connectivity index (χ3n) is 4.30. The fourth-order valence-electron chi connectivity index (χ4n) is 1.93. The highest BCUT2D eigenvalue weighted by Crippen LogP contribution is 2.38. The third kappa shape index (κ3) is 3.57. The van der Waals surface area contributed by atoms with E-state index in [4.69, 9.17) is 9.53 Å². The van der Waals surface area contributed by atoms with Crippen LogP contribution in [-0.2, 0) is 9.22 Å².